The lowest BCUT2D eigenvalue weighted by atomic mass is 10.1. The zero-order chi connectivity index (χ0) is 21.7. The Hall–Kier alpha value is -1.80. The first-order chi connectivity index (χ1) is 14.2. The average Bonchev–Trinajstić information content (AvgIpc) is 2.71. The van der Waals surface area contributed by atoms with Gasteiger partial charge < -0.3 is 9.64 Å². The third kappa shape index (κ3) is 6.11. The Balaban J connectivity index is 1.43. The van der Waals surface area contributed by atoms with E-state index in [0.29, 0.717) is 41.7 Å². The largest absolute Gasteiger partial charge is 0.490 e. The van der Waals surface area contributed by atoms with Gasteiger partial charge in [0.15, 0.2) is 0 Å². The van der Waals surface area contributed by atoms with Crippen molar-refractivity contribution < 1.29 is 17.9 Å². The van der Waals surface area contributed by atoms with Crippen molar-refractivity contribution in [2.45, 2.75) is 37.2 Å². The first kappa shape index (κ1) is 22.9. The molecule has 1 saturated heterocycles. The number of nitrogens with one attached hydrogen (secondary N) is 1. The topological polar surface area (TPSA) is 75.7 Å². The van der Waals surface area contributed by atoms with Crippen molar-refractivity contribution in [1.82, 2.24) is 9.62 Å². The van der Waals surface area contributed by atoms with Crippen LogP contribution in [0.15, 0.2) is 47.4 Å². The predicted molar refractivity (Wildman–Crippen MR) is 118 cm³/mol. The molecule has 0 aliphatic carbocycles. The monoisotopic (exact) mass is 470 g/mol. The van der Waals surface area contributed by atoms with E-state index in [9.17, 15) is 13.2 Å². The van der Waals surface area contributed by atoms with Gasteiger partial charge in [0.25, 0.3) is 0 Å². The summed E-state index contributed by atoms with van der Waals surface area (Å²) in [6.45, 7) is 3.08. The fraction of sp³-hybridized carbons (Fsp3) is 0.381. The highest BCUT2D eigenvalue weighted by Crippen LogP contribution is 2.28. The van der Waals surface area contributed by atoms with Crippen LogP contribution in [-0.2, 0) is 14.8 Å². The van der Waals surface area contributed by atoms with Crippen LogP contribution in [0.3, 0.4) is 0 Å². The van der Waals surface area contributed by atoms with Gasteiger partial charge >= 0.3 is 0 Å². The minimum Gasteiger partial charge on any atom is -0.490 e. The number of benzene rings is 2. The molecule has 2 aromatic carbocycles. The van der Waals surface area contributed by atoms with Gasteiger partial charge in [0.05, 0.1) is 14.9 Å². The lowest BCUT2D eigenvalue weighted by Gasteiger charge is -2.32. The molecule has 0 radical (unpaired) electrons. The van der Waals surface area contributed by atoms with Crippen LogP contribution in [0.2, 0.25) is 10.0 Å². The molecule has 1 amide bonds. The first-order valence-electron chi connectivity index (χ1n) is 9.70. The molecular formula is C21H24Cl2N2O4S. The van der Waals surface area contributed by atoms with Crippen molar-refractivity contribution in [2.24, 2.45) is 0 Å². The average molecular weight is 471 g/mol. The van der Waals surface area contributed by atoms with E-state index in [-0.39, 0.29) is 29.9 Å². The van der Waals surface area contributed by atoms with Crippen molar-refractivity contribution in [1.29, 1.82) is 0 Å². The minimum atomic E-state index is -3.61. The molecule has 1 heterocycles. The van der Waals surface area contributed by atoms with Gasteiger partial charge in [-0.2, -0.15) is 0 Å². The zero-order valence-corrected chi connectivity index (χ0v) is 18.9. The molecule has 9 heteroatoms. The fourth-order valence-electron chi connectivity index (χ4n) is 3.22. The Kier molecular flexibility index (Phi) is 7.63. The minimum absolute atomic E-state index is 0.00803. The molecule has 0 atom stereocenters. The maximum atomic E-state index is 12.4. The maximum absolute atomic E-state index is 12.4. The summed E-state index contributed by atoms with van der Waals surface area (Å²) in [5, 5.41) is 0.914. The maximum Gasteiger partial charge on any atom is 0.240 e. The van der Waals surface area contributed by atoms with Crippen LogP contribution in [0.25, 0.3) is 0 Å². The molecule has 1 aliphatic rings. The molecule has 2 aromatic rings. The molecule has 1 N–H and O–H groups in total. The van der Waals surface area contributed by atoms with Gasteiger partial charge in [-0.1, -0.05) is 40.9 Å². The van der Waals surface area contributed by atoms with E-state index < -0.39 is 10.0 Å². The van der Waals surface area contributed by atoms with E-state index >= 15 is 0 Å². The Labute approximate surface area is 187 Å². The number of hydrogen-bond acceptors (Lipinski definition) is 4. The quantitative estimate of drug-likeness (QED) is 0.662. The van der Waals surface area contributed by atoms with Crippen LogP contribution >= 0.6 is 23.2 Å². The Morgan fingerprint density at radius 1 is 1.10 bits per heavy atom. The standard InChI is InChI=1S/C21H24Cl2N2O4S/c1-15-2-5-18(6-3-15)30(27,28)24-11-8-21(26)25-12-9-16(10-13-25)29-17-4-7-19(22)20(23)14-17/h2-7,14,16,24H,8-13H2,1H3. The lowest BCUT2D eigenvalue weighted by molar-refractivity contribution is -0.132. The number of halogens is 2. The summed E-state index contributed by atoms with van der Waals surface area (Å²) in [4.78, 5) is 14.4. The van der Waals surface area contributed by atoms with Gasteiger partial charge in [0, 0.05) is 45.0 Å². The number of hydrogen-bond donors (Lipinski definition) is 1. The van der Waals surface area contributed by atoms with Gasteiger partial charge in [-0.15, -0.1) is 0 Å². The SMILES string of the molecule is Cc1ccc(S(=O)(=O)NCCC(=O)N2CCC(Oc3ccc(Cl)c(Cl)c3)CC2)cc1. The Morgan fingerprint density at radius 2 is 1.77 bits per heavy atom. The number of carbonyl (C=O) groups is 1. The van der Waals surface area contributed by atoms with Crippen LogP contribution in [0.4, 0.5) is 0 Å². The molecular weight excluding hydrogens is 447 g/mol. The fourth-order valence-corrected chi connectivity index (χ4v) is 4.54. The number of ether oxygens (including phenoxy) is 1. The molecule has 0 bridgehead atoms. The second kappa shape index (κ2) is 10.0. The highest BCUT2D eigenvalue weighted by molar-refractivity contribution is 7.89. The van der Waals surface area contributed by atoms with E-state index in [1.54, 1.807) is 47.4 Å². The molecule has 0 spiro atoms. The van der Waals surface area contributed by atoms with E-state index in [1.807, 2.05) is 6.92 Å². The van der Waals surface area contributed by atoms with E-state index in [2.05, 4.69) is 4.72 Å². The highest BCUT2D eigenvalue weighted by atomic mass is 35.5. The van der Waals surface area contributed by atoms with Crippen molar-refractivity contribution >= 4 is 39.1 Å². The highest BCUT2D eigenvalue weighted by Gasteiger charge is 2.24. The van der Waals surface area contributed by atoms with Gasteiger partial charge in [-0.25, -0.2) is 13.1 Å². The van der Waals surface area contributed by atoms with Crippen molar-refractivity contribution in [3.05, 3.63) is 58.1 Å². The number of aryl methyl sites for hydroxylation is 1. The van der Waals surface area contributed by atoms with Crippen molar-refractivity contribution in [3.63, 3.8) is 0 Å². The summed E-state index contributed by atoms with van der Waals surface area (Å²) in [6, 6.07) is 11.7. The molecule has 1 fully saturated rings. The number of rotatable bonds is 7. The second-order valence-corrected chi connectivity index (χ2v) is 9.82. The number of carbonyl (C=O) groups excluding carboxylic acids is 1. The van der Waals surface area contributed by atoms with Crippen molar-refractivity contribution in [2.75, 3.05) is 19.6 Å². The number of likely N-dealkylation sites (tertiary alicyclic amines) is 1. The Bertz CT molecular complexity index is 989. The Morgan fingerprint density at radius 3 is 2.40 bits per heavy atom. The number of amides is 1. The van der Waals surface area contributed by atoms with Crippen LogP contribution in [0.5, 0.6) is 5.75 Å². The third-order valence-corrected chi connectivity index (χ3v) is 7.17. The molecule has 0 aromatic heterocycles. The molecule has 6 nitrogen and oxygen atoms in total. The second-order valence-electron chi connectivity index (χ2n) is 7.23. The summed E-state index contributed by atoms with van der Waals surface area (Å²) in [7, 11) is -3.61. The van der Waals surface area contributed by atoms with E-state index in [1.165, 1.54) is 0 Å². The number of piperidine rings is 1. The van der Waals surface area contributed by atoms with Gasteiger partial charge in [-0.3, -0.25) is 4.79 Å². The predicted octanol–water partition coefficient (Wildman–Crippen LogP) is 4.04. The number of sulfonamides is 1. The smallest absolute Gasteiger partial charge is 0.240 e. The summed E-state index contributed by atoms with van der Waals surface area (Å²) in [5.74, 6) is 0.578. The molecule has 162 valence electrons. The lowest BCUT2D eigenvalue weighted by Crippen LogP contribution is -2.42. The summed E-state index contributed by atoms with van der Waals surface area (Å²) in [5.41, 5.74) is 0.982. The van der Waals surface area contributed by atoms with E-state index in [0.717, 1.165) is 5.56 Å². The number of nitrogens with zero attached hydrogens (tertiary/aromatic N) is 1. The molecule has 0 unspecified atom stereocenters. The van der Waals surface area contributed by atoms with Crippen molar-refractivity contribution in [3.8, 4) is 5.75 Å². The zero-order valence-electron chi connectivity index (χ0n) is 16.6. The van der Waals surface area contributed by atoms with Gasteiger partial charge in [0.2, 0.25) is 15.9 Å². The molecule has 0 saturated carbocycles. The molecule has 3 rings (SSSR count). The van der Waals surface area contributed by atoms with Crippen LogP contribution in [0, 0.1) is 6.92 Å². The first-order valence-corrected chi connectivity index (χ1v) is 11.9. The third-order valence-electron chi connectivity index (χ3n) is 4.95. The van der Waals surface area contributed by atoms with Crippen LogP contribution < -0.4 is 9.46 Å². The molecule has 1 aliphatic heterocycles. The van der Waals surface area contributed by atoms with Crippen LogP contribution in [-0.4, -0.2) is 45.0 Å². The van der Waals surface area contributed by atoms with E-state index in [4.69, 9.17) is 27.9 Å². The summed E-state index contributed by atoms with van der Waals surface area (Å²) in [6.07, 6.45) is 1.50. The van der Waals surface area contributed by atoms with Crippen LogP contribution in [0.1, 0.15) is 24.8 Å². The summed E-state index contributed by atoms with van der Waals surface area (Å²) < 4.78 is 33.0. The van der Waals surface area contributed by atoms with Gasteiger partial charge in [0.1, 0.15) is 11.9 Å². The van der Waals surface area contributed by atoms with Gasteiger partial charge in [-0.05, 0) is 31.2 Å². The summed E-state index contributed by atoms with van der Waals surface area (Å²) >= 11 is 11.9. The normalized spacial score (nSPS) is 15.2. The molecule has 30 heavy (non-hydrogen) atoms.